The minimum absolute atomic E-state index is 0.0101. The molecule has 3 N–H and O–H groups in total. The molecule has 1 aromatic carbocycles. The molecule has 8 heteroatoms. The van der Waals surface area contributed by atoms with Crippen LogP contribution in [0.3, 0.4) is 0 Å². The number of halogens is 3. The summed E-state index contributed by atoms with van der Waals surface area (Å²) in [4.78, 5) is 24.0. The summed E-state index contributed by atoms with van der Waals surface area (Å²) in [7, 11) is 0. The highest BCUT2D eigenvalue weighted by atomic mass is 19.4. The molecule has 0 heterocycles. The lowest BCUT2D eigenvalue weighted by Crippen LogP contribution is -2.50. The van der Waals surface area contributed by atoms with Crippen LogP contribution in [0.1, 0.15) is 25.3 Å². The van der Waals surface area contributed by atoms with Gasteiger partial charge in [0, 0.05) is 11.6 Å². The van der Waals surface area contributed by atoms with Crippen molar-refractivity contribution in [2.45, 2.75) is 44.5 Å². The van der Waals surface area contributed by atoms with E-state index in [-0.39, 0.29) is 23.1 Å². The van der Waals surface area contributed by atoms with Crippen LogP contribution in [0.2, 0.25) is 0 Å². The molecule has 1 aliphatic rings. The number of rotatable bonds is 6. The molecule has 0 aliphatic heterocycles. The Morgan fingerprint density at radius 2 is 2.00 bits per heavy atom. The summed E-state index contributed by atoms with van der Waals surface area (Å²) in [6.07, 6.45) is -5.08. The molecular weight excluding hydrogens is 325 g/mol. The van der Waals surface area contributed by atoms with Crippen LogP contribution in [0, 0.1) is 5.92 Å². The monoisotopic (exact) mass is 344 g/mol. The van der Waals surface area contributed by atoms with Crippen molar-refractivity contribution in [3.8, 4) is 0 Å². The molecule has 2 atom stereocenters. The van der Waals surface area contributed by atoms with Crippen LogP contribution in [0.5, 0.6) is 0 Å². The molecule has 132 valence electrons. The van der Waals surface area contributed by atoms with Gasteiger partial charge in [0.2, 0.25) is 11.8 Å². The van der Waals surface area contributed by atoms with E-state index in [1.807, 2.05) is 0 Å². The van der Waals surface area contributed by atoms with Crippen LogP contribution in [-0.2, 0) is 16.0 Å². The summed E-state index contributed by atoms with van der Waals surface area (Å²) < 4.78 is 37.3. The molecule has 24 heavy (non-hydrogen) atoms. The average molecular weight is 344 g/mol. The van der Waals surface area contributed by atoms with E-state index in [0.29, 0.717) is 0 Å². The van der Waals surface area contributed by atoms with E-state index in [9.17, 15) is 27.9 Å². The summed E-state index contributed by atoms with van der Waals surface area (Å²) >= 11 is 0. The first-order valence-corrected chi connectivity index (χ1v) is 7.61. The Labute approximate surface area is 137 Å². The number of nitrogens with one attached hydrogen (secondary N) is 2. The van der Waals surface area contributed by atoms with Crippen molar-refractivity contribution < 1.29 is 27.9 Å². The number of amides is 2. The van der Waals surface area contributed by atoms with Crippen molar-refractivity contribution in [1.82, 2.24) is 5.32 Å². The number of aliphatic hydroxyl groups excluding tert-OH is 1. The first kappa shape index (κ1) is 18.3. The third-order valence-corrected chi connectivity index (χ3v) is 3.61. The number of anilines is 1. The van der Waals surface area contributed by atoms with Gasteiger partial charge >= 0.3 is 6.18 Å². The van der Waals surface area contributed by atoms with E-state index in [4.69, 9.17) is 0 Å². The Bertz CT molecular complexity index is 613. The first-order valence-electron chi connectivity index (χ1n) is 7.61. The molecule has 2 amide bonds. The van der Waals surface area contributed by atoms with Gasteiger partial charge in [0.05, 0.1) is 12.5 Å². The molecule has 1 aromatic rings. The Morgan fingerprint density at radius 3 is 2.54 bits per heavy atom. The standard InChI is InChI=1S/C16H19F3N2O3/c1-9(22)13(21-14(23)11-5-6-11)15(24)20-12-4-2-3-10(7-12)8-16(17,18)19/h2-4,7,9,11,13,22H,5-6,8H2,1H3,(H,20,24)(H,21,23). The van der Waals surface area contributed by atoms with Crippen molar-refractivity contribution in [2.75, 3.05) is 5.32 Å². The highest BCUT2D eigenvalue weighted by molar-refractivity contribution is 5.98. The fourth-order valence-electron chi connectivity index (χ4n) is 2.23. The van der Waals surface area contributed by atoms with E-state index in [0.717, 1.165) is 12.8 Å². The van der Waals surface area contributed by atoms with Gasteiger partial charge in [0.1, 0.15) is 6.04 Å². The zero-order valence-electron chi connectivity index (χ0n) is 13.1. The lowest BCUT2D eigenvalue weighted by atomic mass is 10.1. The van der Waals surface area contributed by atoms with Gasteiger partial charge in [-0.1, -0.05) is 12.1 Å². The number of benzene rings is 1. The van der Waals surface area contributed by atoms with Crippen molar-refractivity contribution in [1.29, 1.82) is 0 Å². The molecule has 1 fully saturated rings. The fourth-order valence-corrected chi connectivity index (χ4v) is 2.23. The third kappa shape index (κ3) is 5.52. The topological polar surface area (TPSA) is 78.4 Å². The normalized spacial score (nSPS) is 17.0. The Kier molecular flexibility index (Phi) is 5.48. The summed E-state index contributed by atoms with van der Waals surface area (Å²) in [6.45, 7) is 1.36. The minimum Gasteiger partial charge on any atom is -0.391 e. The van der Waals surface area contributed by atoms with Gasteiger partial charge in [0.15, 0.2) is 0 Å². The van der Waals surface area contributed by atoms with Crippen LogP contribution in [0.15, 0.2) is 24.3 Å². The van der Waals surface area contributed by atoms with E-state index >= 15 is 0 Å². The van der Waals surface area contributed by atoms with Gasteiger partial charge in [0.25, 0.3) is 0 Å². The minimum atomic E-state index is -4.34. The van der Waals surface area contributed by atoms with Gasteiger partial charge in [-0.05, 0) is 37.5 Å². The molecule has 1 saturated carbocycles. The number of alkyl halides is 3. The Balaban J connectivity index is 2.03. The molecule has 1 aliphatic carbocycles. The van der Waals surface area contributed by atoms with E-state index < -0.39 is 30.7 Å². The summed E-state index contributed by atoms with van der Waals surface area (Å²) in [5, 5.41) is 14.6. The molecule has 0 radical (unpaired) electrons. The maximum Gasteiger partial charge on any atom is 0.393 e. The van der Waals surface area contributed by atoms with E-state index in [2.05, 4.69) is 10.6 Å². The van der Waals surface area contributed by atoms with Gasteiger partial charge in [-0.2, -0.15) is 13.2 Å². The Morgan fingerprint density at radius 1 is 1.33 bits per heavy atom. The third-order valence-electron chi connectivity index (χ3n) is 3.61. The second-order valence-electron chi connectivity index (χ2n) is 5.98. The maximum atomic E-state index is 12.4. The lowest BCUT2D eigenvalue weighted by Gasteiger charge is -2.21. The molecule has 0 bridgehead atoms. The number of carbonyl (C=O) groups is 2. The summed E-state index contributed by atoms with van der Waals surface area (Å²) in [5.74, 6) is -1.11. The summed E-state index contributed by atoms with van der Waals surface area (Å²) in [5.41, 5.74) is 0.184. The van der Waals surface area contributed by atoms with Crippen LogP contribution in [-0.4, -0.2) is 35.2 Å². The second kappa shape index (κ2) is 7.21. The molecule has 5 nitrogen and oxygen atoms in total. The average Bonchev–Trinajstić information content (AvgIpc) is 3.27. The van der Waals surface area contributed by atoms with Crippen LogP contribution in [0.25, 0.3) is 0 Å². The zero-order valence-corrected chi connectivity index (χ0v) is 13.1. The predicted molar refractivity (Wildman–Crippen MR) is 81.2 cm³/mol. The smallest absolute Gasteiger partial charge is 0.391 e. The quantitative estimate of drug-likeness (QED) is 0.739. The van der Waals surface area contributed by atoms with Crippen LogP contribution < -0.4 is 10.6 Å². The molecular formula is C16H19F3N2O3. The van der Waals surface area contributed by atoms with Gasteiger partial charge in [-0.3, -0.25) is 9.59 Å². The number of carbonyl (C=O) groups excluding carboxylic acids is 2. The maximum absolute atomic E-state index is 12.4. The molecule has 2 unspecified atom stereocenters. The van der Waals surface area contributed by atoms with Crippen LogP contribution in [0.4, 0.5) is 18.9 Å². The Hall–Kier alpha value is -2.09. The molecule has 0 aromatic heterocycles. The fraction of sp³-hybridized carbons (Fsp3) is 0.500. The van der Waals surface area contributed by atoms with Crippen molar-refractivity contribution in [3.63, 3.8) is 0 Å². The van der Waals surface area contributed by atoms with E-state index in [1.165, 1.54) is 31.2 Å². The van der Waals surface area contributed by atoms with Crippen molar-refractivity contribution in [2.24, 2.45) is 5.92 Å². The molecule has 0 saturated heterocycles. The largest absolute Gasteiger partial charge is 0.393 e. The molecule has 2 rings (SSSR count). The zero-order chi connectivity index (χ0) is 17.9. The van der Waals surface area contributed by atoms with Crippen molar-refractivity contribution >= 4 is 17.5 Å². The predicted octanol–water partition coefficient (Wildman–Crippen LogP) is 2.01. The van der Waals surface area contributed by atoms with E-state index in [1.54, 1.807) is 0 Å². The van der Waals surface area contributed by atoms with Crippen molar-refractivity contribution in [3.05, 3.63) is 29.8 Å². The van der Waals surface area contributed by atoms with Gasteiger partial charge in [-0.25, -0.2) is 0 Å². The SMILES string of the molecule is CC(O)C(NC(=O)C1CC1)C(=O)Nc1cccc(CC(F)(F)F)c1. The number of hydrogen-bond donors (Lipinski definition) is 3. The highest BCUT2D eigenvalue weighted by Gasteiger charge is 2.34. The summed E-state index contributed by atoms with van der Waals surface area (Å²) in [6, 6.07) is 4.21. The van der Waals surface area contributed by atoms with Crippen LogP contribution >= 0.6 is 0 Å². The number of hydrogen-bond acceptors (Lipinski definition) is 3. The lowest BCUT2D eigenvalue weighted by molar-refractivity contribution is -0.129. The highest BCUT2D eigenvalue weighted by Crippen LogP contribution is 2.29. The second-order valence-corrected chi connectivity index (χ2v) is 5.98. The molecule has 0 spiro atoms. The number of aliphatic hydroxyl groups is 1. The van der Waals surface area contributed by atoms with Gasteiger partial charge < -0.3 is 15.7 Å². The van der Waals surface area contributed by atoms with Gasteiger partial charge in [-0.15, -0.1) is 0 Å². The first-order chi connectivity index (χ1) is 11.2.